The number of aliphatic carboxylic acids is 1. The summed E-state index contributed by atoms with van der Waals surface area (Å²) in [6, 6.07) is 0. The first-order valence-electron chi connectivity index (χ1n) is 14.0. The van der Waals surface area contributed by atoms with E-state index < -0.39 is 40.5 Å². The van der Waals surface area contributed by atoms with E-state index >= 15 is 0 Å². The average Bonchev–Trinajstić information content (AvgIpc) is 2.79. The summed E-state index contributed by atoms with van der Waals surface area (Å²) in [5.74, 6) is -1.41. The summed E-state index contributed by atoms with van der Waals surface area (Å²) in [4.78, 5) is 25.2. The minimum Gasteiger partial charge on any atom is -0.481 e. The van der Waals surface area contributed by atoms with Gasteiger partial charge in [-0.05, 0) is 86.4 Å². The SMILES string of the molecule is C[C@@H]1CC[C@]2(C(=O)O)CC[C@]3(C)C(=CC[C@@H]4[C@@]5(C)CC[C@H](O)[C@@](C)(C=O)[C@@H]5[C@H](O)C[C@]43C)[C@@H]2[C@]1(C)O. The molecule has 0 amide bonds. The number of carbonyl (C=O) groups is 2. The first-order chi connectivity index (χ1) is 16.6. The zero-order valence-corrected chi connectivity index (χ0v) is 22.9. The molecule has 6 heteroatoms. The van der Waals surface area contributed by atoms with Gasteiger partial charge in [0.05, 0.1) is 28.6 Å². The maximum Gasteiger partial charge on any atom is 0.310 e. The van der Waals surface area contributed by atoms with Crippen molar-refractivity contribution in [3.63, 3.8) is 0 Å². The van der Waals surface area contributed by atoms with Crippen LogP contribution in [0.3, 0.4) is 0 Å². The van der Waals surface area contributed by atoms with Crippen molar-refractivity contribution >= 4 is 12.3 Å². The molecule has 4 fully saturated rings. The van der Waals surface area contributed by atoms with Crippen LogP contribution >= 0.6 is 0 Å². The number of aliphatic hydroxyl groups is 3. The van der Waals surface area contributed by atoms with E-state index in [4.69, 9.17) is 0 Å². The van der Waals surface area contributed by atoms with Crippen molar-refractivity contribution in [3.8, 4) is 0 Å². The number of hydrogen-bond acceptors (Lipinski definition) is 5. The molecule has 5 aliphatic carbocycles. The van der Waals surface area contributed by atoms with Crippen molar-refractivity contribution in [2.45, 2.75) is 111 Å². The maximum atomic E-state index is 12.8. The first-order valence-corrected chi connectivity index (χ1v) is 14.0. The predicted octanol–water partition coefficient (Wildman–Crippen LogP) is 4.35. The normalized spacial score (nSPS) is 58.4. The fraction of sp³-hybridized carbons (Fsp3) is 0.867. The lowest BCUT2D eigenvalue weighted by atomic mass is 9.32. The second kappa shape index (κ2) is 7.66. The lowest BCUT2D eigenvalue weighted by Gasteiger charge is -2.72. The van der Waals surface area contributed by atoms with Gasteiger partial charge < -0.3 is 25.2 Å². The van der Waals surface area contributed by atoms with Crippen LogP contribution in [0.2, 0.25) is 0 Å². The Morgan fingerprint density at radius 2 is 1.69 bits per heavy atom. The maximum absolute atomic E-state index is 12.8. The van der Waals surface area contributed by atoms with Crippen LogP contribution in [0.4, 0.5) is 0 Å². The number of aliphatic hydroxyl groups excluding tert-OH is 2. The third-order valence-corrected chi connectivity index (χ3v) is 13.3. The highest BCUT2D eigenvalue weighted by atomic mass is 16.4. The lowest BCUT2D eigenvalue weighted by molar-refractivity contribution is -0.243. The number of hydrogen-bond donors (Lipinski definition) is 4. The molecule has 0 bridgehead atoms. The zero-order valence-electron chi connectivity index (χ0n) is 22.9. The molecule has 0 aliphatic heterocycles. The van der Waals surface area contributed by atoms with Gasteiger partial charge in [0.1, 0.15) is 6.29 Å². The number of rotatable bonds is 2. The van der Waals surface area contributed by atoms with Crippen LogP contribution in [-0.2, 0) is 9.59 Å². The topological polar surface area (TPSA) is 115 Å². The Bertz CT molecular complexity index is 1000. The monoisotopic (exact) mass is 502 g/mol. The molecular formula is C30H46O6. The van der Waals surface area contributed by atoms with Crippen molar-refractivity contribution in [2.75, 3.05) is 0 Å². The fourth-order valence-electron chi connectivity index (χ4n) is 10.9. The summed E-state index contributed by atoms with van der Waals surface area (Å²) >= 11 is 0. The Balaban J connectivity index is 1.67. The molecule has 0 spiro atoms. The fourth-order valence-corrected chi connectivity index (χ4v) is 10.9. The standard InChI is InChI=1S/C30H46O6/c1-17-9-12-30(24(34)35)14-13-27(4)18(22(30)29(17,6)36)7-8-20-25(2)11-10-21(33)26(3,16-31)23(25)19(32)15-28(20,27)5/h7,16-17,19-23,32-33,36H,8-15H2,1-6H3,(H,34,35)/t17-,19-,20-,21+,22-,23-,25-,26-,27-,28-,29-,30+/m1/s1. The molecule has 0 aromatic carbocycles. The van der Waals surface area contributed by atoms with Crippen LogP contribution in [-0.4, -0.2) is 50.5 Å². The van der Waals surface area contributed by atoms with Crippen molar-refractivity contribution < 1.29 is 30.0 Å². The molecule has 4 N–H and O–H groups in total. The second-order valence-corrected chi connectivity index (χ2v) is 14.6. The summed E-state index contributed by atoms with van der Waals surface area (Å²) in [5.41, 5.74) is -3.04. The average molecular weight is 503 g/mol. The summed E-state index contributed by atoms with van der Waals surface area (Å²) in [7, 11) is 0. The van der Waals surface area contributed by atoms with Gasteiger partial charge in [-0.3, -0.25) is 4.79 Å². The molecule has 5 rings (SSSR count). The van der Waals surface area contributed by atoms with E-state index in [-0.39, 0.29) is 34.0 Å². The highest BCUT2D eigenvalue weighted by molar-refractivity contribution is 5.77. The number of carbonyl (C=O) groups excluding carboxylic acids is 1. The molecular weight excluding hydrogens is 456 g/mol. The molecule has 0 aromatic heterocycles. The summed E-state index contributed by atoms with van der Waals surface area (Å²) in [5, 5.41) is 45.0. The molecule has 4 saturated carbocycles. The van der Waals surface area contributed by atoms with Gasteiger partial charge in [0.15, 0.2) is 0 Å². The smallest absolute Gasteiger partial charge is 0.310 e. The van der Waals surface area contributed by atoms with Gasteiger partial charge in [-0.2, -0.15) is 0 Å². The summed E-state index contributed by atoms with van der Waals surface area (Å²) in [6.45, 7) is 12.4. The Morgan fingerprint density at radius 3 is 2.31 bits per heavy atom. The quantitative estimate of drug-likeness (QED) is 0.330. The first kappa shape index (κ1) is 26.4. The van der Waals surface area contributed by atoms with Crippen molar-refractivity contribution in [2.24, 2.45) is 50.7 Å². The lowest BCUT2D eigenvalue weighted by Crippen LogP contribution is -2.70. The van der Waals surface area contributed by atoms with Crippen LogP contribution < -0.4 is 0 Å². The van der Waals surface area contributed by atoms with E-state index in [2.05, 4.69) is 26.8 Å². The van der Waals surface area contributed by atoms with Crippen LogP contribution in [0, 0.1) is 50.7 Å². The number of allylic oxidation sites excluding steroid dienone is 1. The minimum absolute atomic E-state index is 0.00395. The van der Waals surface area contributed by atoms with Gasteiger partial charge in [0, 0.05) is 11.8 Å². The summed E-state index contributed by atoms with van der Waals surface area (Å²) in [6.07, 6.45) is 6.66. The van der Waals surface area contributed by atoms with Gasteiger partial charge in [-0.1, -0.05) is 46.3 Å². The molecule has 0 heterocycles. The van der Waals surface area contributed by atoms with Gasteiger partial charge in [0.2, 0.25) is 0 Å². The molecule has 6 nitrogen and oxygen atoms in total. The molecule has 0 aromatic rings. The number of fused-ring (bicyclic) bond motifs is 7. The Kier molecular flexibility index (Phi) is 5.61. The zero-order chi connectivity index (χ0) is 26.7. The third-order valence-electron chi connectivity index (χ3n) is 13.3. The third kappa shape index (κ3) is 2.85. The predicted molar refractivity (Wildman–Crippen MR) is 136 cm³/mol. The number of carboxylic acids is 1. The Labute approximate surface area is 215 Å². The second-order valence-electron chi connectivity index (χ2n) is 14.6. The summed E-state index contributed by atoms with van der Waals surface area (Å²) < 4.78 is 0. The van der Waals surface area contributed by atoms with Gasteiger partial charge >= 0.3 is 5.97 Å². The van der Waals surface area contributed by atoms with Crippen LogP contribution in [0.25, 0.3) is 0 Å². The van der Waals surface area contributed by atoms with E-state index in [1.807, 2.05) is 20.8 Å². The molecule has 36 heavy (non-hydrogen) atoms. The number of carboxylic acid groups (broad SMARTS) is 1. The van der Waals surface area contributed by atoms with E-state index in [9.17, 15) is 30.0 Å². The van der Waals surface area contributed by atoms with Crippen LogP contribution in [0.1, 0.15) is 92.9 Å². The van der Waals surface area contributed by atoms with E-state index in [0.717, 1.165) is 24.7 Å². The van der Waals surface area contributed by atoms with Gasteiger partial charge in [-0.15, -0.1) is 0 Å². The molecule has 0 saturated heterocycles. The van der Waals surface area contributed by atoms with E-state index in [1.54, 1.807) is 0 Å². The van der Waals surface area contributed by atoms with Crippen LogP contribution in [0.15, 0.2) is 11.6 Å². The molecule has 12 atom stereocenters. The number of aldehydes is 1. The van der Waals surface area contributed by atoms with E-state index in [1.165, 1.54) is 0 Å². The Hall–Kier alpha value is -1.24. The molecule has 0 radical (unpaired) electrons. The van der Waals surface area contributed by atoms with Crippen molar-refractivity contribution in [1.82, 2.24) is 0 Å². The molecule has 5 aliphatic rings. The highest BCUT2D eigenvalue weighted by Gasteiger charge is 2.73. The van der Waals surface area contributed by atoms with Crippen LogP contribution in [0.5, 0.6) is 0 Å². The van der Waals surface area contributed by atoms with Crippen molar-refractivity contribution in [3.05, 3.63) is 11.6 Å². The van der Waals surface area contributed by atoms with Crippen molar-refractivity contribution in [1.29, 1.82) is 0 Å². The van der Waals surface area contributed by atoms with Gasteiger partial charge in [0.25, 0.3) is 0 Å². The Morgan fingerprint density at radius 1 is 1.03 bits per heavy atom. The van der Waals surface area contributed by atoms with E-state index in [0.29, 0.717) is 38.5 Å². The molecule has 0 unspecified atom stereocenters. The van der Waals surface area contributed by atoms with Gasteiger partial charge in [-0.25, -0.2) is 0 Å². The highest BCUT2D eigenvalue weighted by Crippen LogP contribution is 2.75. The largest absolute Gasteiger partial charge is 0.481 e. The minimum atomic E-state index is -1.13. The molecule has 202 valence electrons.